The maximum atomic E-state index is 14.2. The zero-order valence-corrected chi connectivity index (χ0v) is 12.9. The van der Waals surface area contributed by atoms with Crippen LogP contribution < -0.4 is 9.47 Å². The molecule has 0 saturated heterocycles. The standard InChI is InChI=1S/C18H14ClFO2/c1-21-13-7-6-11-9-14(17(22-2)10-12(11)8-13)18-15(19)4-3-5-16(18)20/h3-10H,1-2H3. The third kappa shape index (κ3) is 2.48. The Bertz CT molecular complexity index is 826. The minimum Gasteiger partial charge on any atom is -0.497 e. The molecular weight excluding hydrogens is 303 g/mol. The summed E-state index contributed by atoms with van der Waals surface area (Å²) in [6.45, 7) is 0. The Balaban J connectivity index is 2.29. The molecule has 0 radical (unpaired) electrons. The van der Waals surface area contributed by atoms with Crippen LogP contribution in [-0.2, 0) is 0 Å². The summed E-state index contributed by atoms with van der Waals surface area (Å²) in [4.78, 5) is 0. The van der Waals surface area contributed by atoms with E-state index in [0.29, 0.717) is 21.9 Å². The van der Waals surface area contributed by atoms with Crippen LogP contribution in [0.1, 0.15) is 0 Å². The highest BCUT2D eigenvalue weighted by molar-refractivity contribution is 6.33. The van der Waals surface area contributed by atoms with Crippen molar-refractivity contribution in [2.45, 2.75) is 0 Å². The number of fused-ring (bicyclic) bond motifs is 1. The zero-order chi connectivity index (χ0) is 15.7. The molecule has 0 aliphatic heterocycles. The lowest BCUT2D eigenvalue weighted by molar-refractivity contribution is 0.414. The van der Waals surface area contributed by atoms with E-state index < -0.39 is 0 Å². The van der Waals surface area contributed by atoms with Crippen molar-refractivity contribution < 1.29 is 13.9 Å². The highest BCUT2D eigenvalue weighted by Gasteiger charge is 2.15. The SMILES string of the molecule is COc1ccc2cc(-c3c(F)cccc3Cl)c(OC)cc2c1. The molecule has 0 aliphatic rings. The molecule has 3 aromatic rings. The molecule has 0 fully saturated rings. The molecule has 112 valence electrons. The van der Waals surface area contributed by atoms with Gasteiger partial charge < -0.3 is 9.47 Å². The van der Waals surface area contributed by atoms with E-state index in [0.717, 1.165) is 16.5 Å². The van der Waals surface area contributed by atoms with Gasteiger partial charge in [0.05, 0.1) is 19.2 Å². The van der Waals surface area contributed by atoms with E-state index in [-0.39, 0.29) is 5.82 Å². The summed E-state index contributed by atoms with van der Waals surface area (Å²) in [7, 11) is 3.17. The average molecular weight is 317 g/mol. The predicted octanol–water partition coefficient (Wildman–Crippen LogP) is 5.32. The van der Waals surface area contributed by atoms with Crippen LogP contribution in [0, 0.1) is 5.82 Å². The van der Waals surface area contributed by atoms with Crippen molar-refractivity contribution in [2.75, 3.05) is 14.2 Å². The van der Waals surface area contributed by atoms with Crippen molar-refractivity contribution in [1.82, 2.24) is 0 Å². The first-order valence-electron chi connectivity index (χ1n) is 6.74. The highest BCUT2D eigenvalue weighted by atomic mass is 35.5. The lowest BCUT2D eigenvalue weighted by Gasteiger charge is -2.13. The summed E-state index contributed by atoms with van der Waals surface area (Å²) in [5.74, 6) is 0.942. The molecule has 0 N–H and O–H groups in total. The molecule has 22 heavy (non-hydrogen) atoms. The van der Waals surface area contributed by atoms with Gasteiger partial charge in [-0.3, -0.25) is 0 Å². The van der Waals surface area contributed by atoms with Crippen LogP contribution in [0.2, 0.25) is 5.02 Å². The largest absolute Gasteiger partial charge is 0.497 e. The van der Waals surface area contributed by atoms with Crippen LogP contribution in [0.4, 0.5) is 4.39 Å². The number of hydrogen-bond donors (Lipinski definition) is 0. The van der Waals surface area contributed by atoms with Gasteiger partial charge in [0.15, 0.2) is 0 Å². The van der Waals surface area contributed by atoms with Crippen molar-refractivity contribution >= 4 is 22.4 Å². The Morgan fingerprint density at radius 3 is 2.41 bits per heavy atom. The Kier molecular flexibility index (Phi) is 3.90. The molecular formula is C18H14ClFO2. The lowest BCUT2D eigenvalue weighted by Crippen LogP contribution is -1.92. The lowest BCUT2D eigenvalue weighted by atomic mass is 9.99. The second-order valence-corrected chi connectivity index (χ2v) is 5.27. The van der Waals surface area contributed by atoms with Gasteiger partial charge in [0.25, 0.3) is 0 Å². The van der Waals surface area contributed by atoms with Crippen molar-refractivity contribution in [2.24, 2.45) is 0 Å². The fourth-order valence-corrected chi connectivity index (χ4v) is 2.77. The third-order valence-corrected chi connectivity index (χ3v) is 3.91. The first kappa shape index (κ1) is 14.7. The second kappa shape index (κ2) is 5.85. The topological polar surface area (TPSA) is 18.5 Å². The molecule has 0 aromatic heterocycles. The minimum absolute atomic E-state index is 0.346. The maximum Gasteiger partial charge on any atom is 0.132 e. The smallest absolute Gasteiger partial charge is 0.132 e. The molecule has 4 heteroatoms. The molecule has 0 bridgehead atoms. The highest BCUT2D eigenvalue weighted by Crippen LogP contribution is 2.39. The van der Waals surface area contributed by atoms with Crippen molar-refractivity contribution in [3.8, 4) is 22.6 Å². The normalized spacial score (nSPS) is 10.7. The van der Waals surface area contributed by atoms with Gasteiger partial charge in [0.2, 0.25) is 0 Å². The zero-order valence-electron chi connectivity index (χ0n) is 12.2. The van der Waals surface area contributed by atoms with Crippen LogP contribution >= 0.6 is 11.6 Å². The fraction of sp³-hybridized carbons (Fsp3) is 0.111. The van der Waals surface area contributed by atoms with E-state index in [1.54, 1.807) is 26.4 Å². The number of hydrogen-bond acceptors (Lipinski definition) is 2. The molecule has 0 spiro atoms. The van der Waals surface area contributed by atoms with Crippen molar-refractivity contribution in [3.05, 3.63) is 59.4 Å². The summed E-state index contributed by atoms with van der Waals surface area (Å²) in [6, 6.07) is 14.1. The van der Waals surface area contributed by atoms with Crippen LogP contribution in [-0.4, -0.2) is 14.2 Å². The van der Waals surface area contributed by atoms with Gasteiger partial charge in [-0.2, -0.15) is 0 Å². The first-order valence-corrected chi connectivity index (χ1v) is 7.12. The Labute approximate surface area is 133 Å². The number of ether oxygens (including phenoxy) is 2. The van der Waals surface area contributed by atoms with Gasteiger partial charge in [0.1, 0.15) is 17.3 Å². The fourth-order valence-electron chi connectivity index (χ4n) is 2.50. The average Bonchev–Trinajstić information content (AvgIpc) is 2.53. The molecule has 0 unspecified atom stereocenters. The van der Waals surface area contributed by atoms with Crippen LogP contribution in [0.25, 0.3) is 21.9 Å². The minimum atomic E-state index is -0.376. The van der Waals surface area contributed by atoms with Gasteiger partial charge in [-0.1, -0.05) is 23.7 Å². The second-order valence-electron chi connectivity index (χ2n) is 4.86. The third-order valence-electron chi connectivity index (χ3n) is 3.60. The maximum absolute atomic E-state index is 14.2. The van der Waals surface area contributed by atoms with E-state index in [4.69, 9.17) is 21.1 Å². The molecule has 3 rings (SSSR count). The van der Waals surface area contributed by atoms with Gasteiger partial charge >= 0.3 is 0 Å². The van der Waals surface area contributed by atoms with E-state index in [1.165, 1.54) is 6.07 Å². The summed E-state index contributed by atoms with van der Waals surface area (Å²) in [6.07, 6.45) is 0. The summed E-state index contributed by atoms with van der Waals surface area (Å²) < 4.78 is 24.9. The van der Waals surface area contributed by atoms with Crippen molar-refractivity contribution in [3.63, 3.8) is 0 Å². The summed E-state index contributed by atoms with van der Waals surface area (Å²) >= 11 is 6.18. The molecule has 0 saturated carbocycles. The van der Waals surface area contributed by atoms with Gasteiger partial charge in [-0.15, -0.1) is 0 Å². The molecule has 0 heterocycles. The Hall–Kier alpha value is -2.26. The van der Waals surface area contributed by atoms with E-state index >= 15 is 0 Å². The van der Waals surface area contributed by atoms with Gasteiger partial charge in [0, 0.05) is 11.1 Å². The van der Waals surface area contributed by atoms with E-state index in [2.05, 4.69) is 0 Å². The number of rotatable bonds is 3. The van der Waals surface area contributed by atoms with Gasteiger partial charge in [-0.05, 0) is 47.2 Å². The number of methoxy groups -OCH3 is 2. The first-order chi connectivity index (χ1) is 10.6. The monoisotopic (exact) mass is 316 g/mol. The Morgan fingerprint density at radius 1 is 0.909 bits per heavy atom. The van der Waals surface area contributed by atoms with Crippen molar-refractivity contribution in [1.29, 1.82) is 0 Å². The molecule has 3 aromatic carbocycles. The Morgan fingerprint density at radius 2 is 1.73 bits per heavy atom. The predicted molar refractivity (Wildman–Crippen MR) is 87.5 cm³/mol. The molecule has 0 aliphatic carbocycles. The summed E-state index contributed by atoms with van der Waals surface area (Å²) in [5.41, 5.74) is 0.974. The summed E-state index contributed by atoms with van der Waals surface area (Å²) in [5, 5.41) is 2.26. The van der Waals surface area contributed by atoms with E-state index in [9.17, 15) is 4.39 Å². The quantitative estimate of drug-likeness (QED) is 0.651. The molecule has 0 amide bonds. The number of halogens is 2. The number of benzene rings is 3. The van der Waals surface area contributed by atoms with Crippen LogP contribution in [0.5, 0.6) is 11.5 Å². The van der Waals surface area contributed by atoms with Crippen LogP contribution in [0.15, 0.2) is 48.5 Å². The van der Waals surface area contributed by atoms with E-state index in [1.807, 2.05) is 30.3 Å². The van der Waals surface area contributed by atoms with Gasteiger partial charge in [-0.25, -0.2) is 4.39 Å². The molecule has 0 atom stereocenters. The molecule has 2 nitrogen and oxygen atoms in total. The van der Waals surface area contributed by atoms with Crippen LogP contribution in [0.3, 0.4) is 0 Å².